The SMILES string of the molecule is CCN(C(=O)c1cncc(NC)n1)c1ccc(F)cc1. The van der Waals surface area contributed by atoms with Gasteiger partial charge in [0.2, 0.25) is 0 Å². The zero-order valence-electron chi connectivity index (χ0n) is 11.3. The first-order chi connectivity index (χ1) is 9.65. The normalized spacial score (nSPS) is 10.2. The number of carbonyl (C=O) groups is 1. The summed E-state index contributed by atoms with van der Waals surface area (Å²) in [6.45, 7) is 2.30. The van der Waals surface area contributed by atoms with Crippen LogP contribution in [-0.4, -0.2) is 29.5 Å². The minimum atomic E-state index is -0.339. The fourth-order valence-corrected chi connectivity index (χ4v) is 1.79. The summed E-state index contributed by atoms with van der Waals surface area (Å²) in [5.74, 6) is -0.0936. The van der Waals surface area contributed by atoms with Crippen molar-refractivity contribution in [2.45, 2.75) is 6.92 Å². The molecule has 1 aromatic carbocycles. The van der Waals surface area contributed by atoms with Crippen molar-refractivity contribution < 1.29 is 9.18 Å². The third-order valence-electron chi connectivity index (χ3n) is 2.81. The number of rotatable bonds is 4. The van der Waals surface area contributed by atoms with E-state index in [1.165, 1.54) is 29.4 Å². The molecule has 0 aliphatic heterocycles. The number of benzene rings is 1. The lowest BCUT2D eigenvalue weighted by Gasteiger charge is -2.20. The number of aromatic nitrogens is 2. The maximum atomic E-state index is 12.9. The smallest absolute Gasteiger partial charge is 0.278 e. The molecule has 5 nitrogen and oxygen atoms in total. The molecule has 0 saturated heterocycles. The van der Waals surface area contributed by atoms with Crippen molar-refractivity contribution in [2.24, 2.45) is 0 Å². The number of hydrogen-bond donors (Lipinski definition) is 1. The highest BCUT2D eigenvalue weighted by atomic mass is 19.1. The standard InChI is InChI=1S/C14H15FN4O/c1-3-19(11-6-4-10(15)5-7-11)14(20)12-8-17-9-13(16-2)18-12/h4-9H,3H2,1-2H3,(H,16,18). The lowest BCUT2D eigenvalue weighted by molar-refractivity contribution is 0.0983. The predicted molar refractivity (Wildman–Crippen MR) is 75.3 cm³/mol. The Bertz CT molecular complexity index is 600. The van der Waals surface area contributed by atoms with E-state index in [2.05, 4.69) is 15.3 Å². The van der Waals surface area contributed by atoms with Crippen LogP contribution in [0.4, 0.5) is 15.9 Å². The van der Waals surface area contributed by atoms with Gasteiger partial charge in [-0.1, -0.05) is 0 Å². The molecule has 1 amide bonds. The summed E-state index contributed by atoms with van der Waals surface area (Å²) >= 11 is 0. The summed E-state index contributed by atoms with van der Waals surface area (Å²) in [7, 11) is 1.70. The first-order valence-electron chi connectivity index (χ1n) is 6.23. The molecule has 0 spiro atoms. The van der Waals surface area contributed by atoms with Gasteiger partial charge in [-0.2, -0.15) is 0 Å². The number of nitrogens with one attached hydrogen (secondary N) is 1. The molecule has 0 saturated carbocycles. The van der Waals surface area contributed by atoms with Crippen LogP contribution in [0.2, 0.25) is 0 Å². The van der Waals surface area contributed by atoms with E-state index in [-0.39, 0.29) is 17.4 Å². The molecule has 0 bridgehead atoms. The minimum absolute atomic E-state index is 0.239. The molecular formula is C14H15FN4O. The lowest BCUT2D eigenvalue weighted by Crippen LogP contribution is -2.31. The van der Waals surface area contributed by atoms with Crippen molar-refractivity contribution >= 4 is 17.4 Å². The van der Waals surface area contributed by atoms with Crippen LogP contribution in [0.1, 0.15) is 17.4 Å². The maximum Gasteiger partial charge on any atom is 0.278 e. The number of halogens is 1. The predicted octanol–water partition coefficient (Wildman–Crippen LogP) is 2.32. The third-order valence-corrected chi connectivity index (χ3v) is 2.81. The Balaban J connectivity index is 2.31. The van der Waals surface area contributed by atoms with Gasteiger partial charge in [0.1, 0.15) is 17.3 Å². The Morgan fingerprint density at radius 2 is 2.00 bits per heavy atom. The molecule has 2 aromatic rings. The first kappa shape index (κ1) is 13.9. The fourth-order valence-electron chi connectivity index (χ4n) is 1.79. The molecule has 0 unspecified atom stereocenters. The van der Waals surface area contributed by atoms with Crippen molar-refractivity contribution in [3.05, 3.63) is 48.2 Å². The fraction of sp³-hybridized carbons (Fsp3) is 0.214. The molecule has 1 N–H and O–H groups in total. The van der Waals surface area contributed by atoms with Crippen LogP contribution < -0.4 is 10.2 Å². The van der Waals surface area contributed by atoms with Gasteiger partial charge in [-0.25, -0.2) is 9.37 Å². The quantitative estimate of drug-likeness (QED) is 0.929. The van der Waals surface area contributed by atoms with E-state index < -0.39 is 0 Å². The Hall–Kier alpha value is -2.50. The molecule has 1 aromatic heterocycles. The molecule has 6 heteroatoms. The summed E-state index contributed by atoms with van der Waals surface area (Å²) in [5.41, 5.74) is 0.860. The minimum Gasteiger partial charge on any atom is -0.372 e. The van der Waals surface area contributed by atoms with E-state index in [0.717, 1.165) is 0 Å². The van der Waals surface area contributed by atoms with E-state index in [9.17, 15) is 9.18 Å². The van der Waals surface area contributed by atoms with Gasteiger partial charge in [0.05, 0.1) is 12.4 Å². The van der Waals surface area contributed by atoms with Crippen molar-refractivity contribution in [2.75, 3.05) is 23.8 Å². The molecule has 104 valence electrons. The summed E-state index contributed by atoms with van der Waals surface area (Å²) in [6, 6.07) is 5.76. The molecule has 2 rings (SSSR count). The largest absolute Gasteiger partial charge is 0.372 e. The van der Waals surface area contributed by atoms with Gasteiger partial charge in [-0.05, 0) is 31.2 Å². The van der Waals surface area contributed by atoms with Crippen molar-refractivity contribution in [3.63, 3.8) is 0 Å². The zero-order chi connectivity index (χ0) is 14.5. The van der Waals surface area contributed by atoms with E-state index in [4.69, 9.17) is 0 Å². The van der Waals surface area contributed by atoms with Crippen LogP contribution in [0.5, 0.6) is 0 Å². The molecule has 0 fully saturated rings. The highest BCUT2D eigenvalue weighted by Crippen LogP contribution is 2.17. The second-order valence-corrected chi connectivity index (χ2v) is 4.07. The summed E-state index contributed by atoms with van der Waals surface area (Å²) in [5, 5.41) is 2.83. The molecule has 1 heterocycles. The number of anilines is 2. The Kier molecular flexibility index (Phi) is 4.24. The zero-order valence-corrected chi connectivity index (χ0v) is 11.3. The average molecular weight is 274 g/mol. The average Bonchev–Trinajstić information content (AvgIpc) is 2.50. The third kappa shape index (κ3) is 2.90. The lowest BCUT2D eigenvalue weighted by atomic mass is 10.2. The van der Waals surface area contributed by atoms with Crippen LogP contribution in [-0.2, 0) is 0 Å². The summed E-state index contributed by atoms with van der Waals surface area (Å²) < 4.78 is 12.9. The first-order valence-corrected chi connectivity index (χ1v) is 6.23. The van der Waals surface area contributed by atoms with E-state index >= 15 is 0 Å². The number of hydrogen-bond acceptors (Lipinski definition) is 4. The Labute approximate surface area is 116 Å². The van der Waals surface area contributed by atoms with Crippen LogP contribution in [0.25, 0.3) is 0 Å². The molecule has 0 radical (unpaired) electrons. The highest BCUT2D eigenvalue weighted by molar-refractivity contribution is 6.04. The second kappa shape index (κ2) is 6.10. The van der Waals surface area contributed by atoms with Gasteiger partial charge >= 0.3 is 0 Å². The monoisotopic (exact) mass is 274 g/mol. The molecule has 20 heavy (non-hydrogen) atoms. The Morgan fingerprint density at radius 3 is 2.60 bits per heavy atom. The highest BCUT2D eigenvalue weighted by Gasteiger charge is 2.18. The van der Waals surface area contributed by atoms with Gasteiger partial charge in [0, 0.05) is 19.3 Å². The van der Waals surface area contributed by atoms with Crippen molar-refractivity contribution in [1.82, 2.24) is 9.97 Å². The van der Waals surface area contributed by atoms with Crippen LogP contribution in [0.15, 0.2) is 36.7 Å². The van der Waals surface area contributed by atoms with Crippen LogP contribution >= 0.6 is 0 Å². The summed E-state index contributed by atoms with van der Waals surface area (Å²) in [4.78, 5) is 22.1. The molecule has 0 atom stereocenters. The molecule has 0 aliphatic carbocycles. The summed E-state index contributed by atoms with van der Waals surface area (Å²) in [6.07, 6.45) is 2.94. The topological polar surface area (TPSA) is 58.1 Å². The van der Waals surface area contributed by atoms with Gasteiger partial charge in [-0.3, -0.25) is 9.78 Å². The van der Waals surface area contributed by atoms with E-state index in [1.54, 1.807) is 19.2 Å². The van der Waals surface area contributed by atoms with Crippen LogP contribution in [0.3, 0.4) is 0 Å². The molecular weight excluding hydrogens is 259 g/mol. The number of nitrogens with zero attached hydrogens (tertiary/aromatic N) is 3. The second-order valence-electron chi connectivity index (χ2n) is 4.07. The van der Waals surface area contributed by atoms with E-state index in [1.807, 2.05) is 6.92 Å². The van der Waals surface area contributed by atoms with Gasteiger partial charge in [-0.15, -0.1) is 0 Å². The number of carbonyl (C=O) groups excluding carboxylic acids is 1. The van der Waals surface area contributed by atoms with Crippen LogP contribution in [0, 0.1) is 5.82 Å². The Morgan fingerprint density at radius 1 is 1.30 bits per heavy atom. The van der Waals surface area contributed by atoms with Crippen molar-refractivity contribution in [1.29, 1.82) is 0 Å². The number of amides is 1. The molecule has 0 aliphatic rings. The van der Waals surface area contributed by atoms with Gasteiger partial charge in [0.15, 0.2) is 0 Å². The van der Waals surface area contributed by atoms with E-state index in [0.29, 0.717) is 18.1 Å². The van der Waals surface area contributed by atoms with Gasteiger partial charge < -0.3 is 10.2 Å². The maximum absolute atomic E-state index is 12.9. The van der Waals surface area contributed by atoms with Gasteiger partial charge in [0.25, 0.3) is 5.91 Å². The van der Waals surface area contributed by atoms with Crippen molar-refractivity contribution in [3.8, 4) is 0 Å².